The van der Waals surface area contributed by atoms with E-state index in [4.69, 9.17) is 11.6 Å². The molecular formula is C13H13ClN2OS2. The summed E-state index contributed by atoms with van der Waals surface area (Å²) in [6.07, 6.45) is 2.31. The predicted octanol–water partition coefficient (Wildman–Crippen LogP) is 4.01. The second kappa shape index (κ2) is 6.41. The second-order valence-electron chi connectivity index (χ2n) is 3.90. The Labute approximate surface area is 125 Å². The minimum atomic E-state index is -0.0764. The highest BCUT2D eigenvalue weighted by atomic mass is 35.5. The lowest BCUT2D eigenvalue weighted by atomic mass is 10.2. The largest absolute Gasteiger partial charge is 0.324 e. The lowest BCUT2D eigenvalue weighted by molar-refractivity contribution is -0.115. The van der Waals surface area contributed by atoms with Crippen molar-refractivity contribution in [3.8, 4) is 0 Å². The number of aryl methyl sites for hydroxylation is 1. The molecule has 0 unspecified atom stereocenters. The summed E-state index contributed by atoms with van der Waals surface area (Å²) < 4.78 is 0.984. The molecule has 0 saturated carbocycles. The molecule has 6 heteroatoms. The Balaban J connectivity index is 2.05. The number of nitrogens with one attached hydrogen (secondary N) is 1. The van der Waals surface area contributed by atoms with E-state index >= 15 is 0 Å². The van der Waals surface area contributed by atoms with Crippen LogP contribution in [0.1, 0.15) is 10.6 Å². The minimum absolute atomic E-state index is 0.0764. The third-order valence-corrected chi connectivity index (χ3v) is 4.99. The van der Waals surface area contributed by atoms with Gasteiger partial charge in [0.2, 0.25) is 5.91 Å². The number of anilines is 1. The number of benzene rings is 1. The molecule has 0 bridgehead atoms. The van der Waals surface area contributed by atoms with Crippen molar-refractivity contribution in [2.45, 2.75) is 17.7 Å². The number of thiazole rings is 1. The van der Waals surface area contributed by atoms with E-state index in [-0.39, 0.29) is 5.91 Å². The lowest BCUT2D eigenvalue weighted by Crippen LogP contribution is -2.14. The average Bonchev–Trinajstić information content (AvgIpc) is 2.73. The Kier molecular flexibility index (Phi) is 4.85. The highest BCUT2D eigenvalue weighted by Gasteiger charge is 2.12. The molecule has 0 aliphatic heterocycles. The molecule has 0 radical (unpaired) electrons. The van der Waals surface area contributed by atoms with Crippen LogP contribution in [0.4, 0.5) is 5.69 Å². The van der Waals surface area contributed by atoms with E-state index in [1.54, 1.807) is 35.2 Å². The normalized spacial score (nSPS) is 10.5. The first-order valence-corrected chi connectivity index (χ1v) is 8.06. The first-order chi connectivity index (χ1) is 9.10. The van der Waals surface area contributed by atoms with Crippen LogP contribution in [0.15, 0.2) is 28.6 Å². The van der Waals surface area contributed by atoms with Gasteiger partial charge in [0.1, 0.15) is 4.34 Å². The molecule has 0 atom stereocenters. The summed E-state index contributed by atoms with van der Waals surface area (Å²) in [5.41, 5.74) is 1.56. The summed E-state index contributed by atoms with van der Waals surface area (Å²) in [6, 6.07) is 7.20. The number of carbonyl (C=O) groups is 1. The molecule has 1 heterocycles. The number of para-hydroxylation sites is 1. The molecule has 19 heavy (non-hydrogen) atoms. The summed E-state index contributed by atoms with van der Waals surface area (Å²) in [4.78, 5) is 17.4. The van der Waals surface area contributed by atoms with Crippen molar-refractivity contribution < 1.29 is 4.79 Å². The molecule has 1 aromatic carbocycles. The number of carbonyl (C=O) groups excluding carboxylic acids is 1. The van der Waals surface area contributed by atoms with E-state index in [9.17, 15) is 4.79 Å². The van der Waals surface area contributed by atoms with Crippen molar-refractivity contribution >= 4 is 46.3 Å². The highest BCUT2D eigenvalue weighted by molar-refractivity contribution is 8.00. The van der Waals surface area contributed by atoms with Gasteiger partial charge in [0, 0.05) is 4.88 Å². The molecule has 2 rings (SSSR count). The molecule has 0 fully saturated rings. The van der Waals surface area contributed by atoms with Gasteiger partial charge in [0.15, 0.2) is 0 Å². The predicted molar refractivity (Wildman–Crippen MR) is 82.4 cm³/mol. The number of nitrogens with zero attached hydrogens (tertiary/aromatic N) is 1. The van der Waals surface area contributed by atoms with Crippen LogP contribution in [-0.4, -0.2) is 17.1 Å². The standard InChI is InChI=1S/C13H13ClN2OS2/c1-8-11(19-13(15-8)18-2)7-12(17)16-10-6-4-3-5-9(10)14/h3-6H,7H2,1-2H3,(H,16,17). The number of amides is 1. The quantitative estimate of drug-likeness (QED) is 0.867. The minimum Gasteiger partial charge on any atom is -0.324 e. The van der Waals surface area contributed by atoms with Gasteiger partial charge in [-0.1, -0.05) is 35.5 Å². The van der Waals surface area contributed by atoms with Crippen molar-refractivity contribution in [2.75, 3.05) is 11.6 Å². The second-order valence-corrected chi connectivity index (χ2v) is 6.44. The molecule has 1 aromatic heterocycles. The van der Waals surface area contributed by atoms with Gasteiger partial charge in [-0.3, -0.25) is 4.79 Å². The molecule has 0 aliphatic rings. The van der Waals surface area contributed by atoms with Crippen LogP contribution in [0.5, 0.6) is 0 Å². The molecule has 0 saturated heterocycles. The molecular weight excluding hydrogens is 300 g/mol. The zero-order valence-corrected chi connectivity index (χ0v) is 13.0. The Morgan fingerprint density at radius 2 is 2.21 bits per heavy atom. The maximum absolute atomic E-state index is 12.0. The van der Waals surface area contributed by atoms with Gasteiger partial charge in [0.05, 0.1) is 22.8 Å². The van der Waals surface area contributed by atoms with E-state index in [1.165, 1.54) is 0 Å². The third kappa shape index (κ3) is 3.72. The summed E-state index contributed by atoms with van der Waals surface area (Å²) in [5.74, 6) is -0.0764. The maximum Gasteiger partial charge on any atom is 0.229 e. The Morgan fingerprint density at radius 1 is 1.47 bits per heavy atom. The number of hydrogen-bond acceptors (Lipinski definition) is 4. The first kappa shape index (κ1) is 14.4. The molecule has 3 nitrogen and oxygen atoms in total. The molecule has 0 aliphatic carbocycles. The number of halogens is 1. The molecule has 0 spiro atoms. The van der Waals surface area contributed by atoms with Crippen LogP contribution in [-0.2, 0) is 11.2 Å². The topological polar surface area (TPSA) is 42.0 Å². The van der Waals surface area contributed by atoms with Crippen molar-refractivity contribution in [3.05, 3.63) is 39.9 Å². The highest BCUT2D eigenvalue weighted by Crippen LogP contribution is 2.26. The third-order valence-electron chi connectivity index (χ3n) is 2.52. The fraction of sp³-hybridized carbons (Fsp3) is 0.231. The summed E-state index contributed by atoms with van der Waals surface area (Å²) >= 11 is 9.15. The van der Waals surface area contributed by atoms with E-state index in [1.807, 2.05) is 25.3 Å². The fourth-order valence-electron chi connectivity index (χ4n) is 1.56. The zero-order chi connectivity index (χ0) is 13.8. The van der Waals surface area contributed by atoms with Crippen molar-refractivity contribution in [1.29, 1.82) is 0 Å². The molecule has 2 aromatic rings. The van der Waals surface area contributed by atoms with Crippen molar-refractivity contribution in [2.24, 2.45) is 0 Å². The van der Waals surface area contributed by atoms with Crippen molar-refractivity contribution in [3.63, 3.8) is 0 Å². The van der Waals surface area contributed by atoms with Gasteiger partial charge in [-0.15, -0.1) is 11.3 Å². The van der Waals surface area contributed by atoms with Crippen LogP contribution in [0.2, 0.25) is 5.02 Å². The lowest BCUT2D eigenvalue weighted by Gasteiger charge is -2.06. The smallest absolute Gasteiger partial charge is 0.229 e. The maximum atomic E-state index is 12.0. The van der Waals surface area contributed by atoms with Crippen LogP contribution >= 0.6 is 34.7 Å². The first-order valence-electron chi connectivity index (χ1n) is 5.65. The van der Waals surface area contributed by atoms with Crippen LogP contribution in [0.3, 0.4) is 0 Å². The van der Waals surface area contributed by atoms with E-state index in [0.29, 0.717) is 17.1 Å². The van der Waals surface area contributed by atoms with Gasteiger partial charge in [0.25, 0.3) is 0 Å². The fourth-order valence-corrected chi connectivity index (χ4v) is 3.39. The van der Waals surface area contributed by atoms with E-state index < -0.39 is 0 Å². The number of hydrogen-bond donors (Lipinski definition) is 1. The Hall–Kier alpha value is -1.04. The van der Waals surface area contributed by atoms with E-state index in [0.717, 1.165) is 14.9 Å². The average molecular weight is 313 g/mol. The summed E-state index contributed by atoms with van der Waals surface area (Å²) in [7, 11) is 0. The van der Waals surface area contributed by atoms with Gasteiger partial charge >= 0.3 is 0 Å². The van der Waals surface area contributed by atoms with Crippen LogP contribution in [0.25, 0.3) is 0 Å². The Morgan fingerprint density at radius 3 is 2.84 bits per heavy atom. The van der Waals surface area contributed by atoms with Gasteiger partial charge in [-0.2, -0.15) is 0 Å². The molecule has 100 valence electrons. The number of rotatable bonds is 4. The molecule has 1 amide bonds. The van der Waals surface area contributed by atoms with Crippen LogP contribution in [0, 0.1) is 6.92 Å². The van der Waals surface area contributed by atoms with Gasteiger partial charge < -0.3 is 5.32 Å². The number of thioether (sulfide) groups is 1. The van der Waals surface area contributed by atoms with Gasteiger partial charge in [-0.25, -0.2) is 4.98 Å². The number of aromatic nitrogens is 1. The monoisotopic (exact) mass is 312 g/mol. The van der Waals surface area contributed by atoms with Crippen molar-refractivity contribution in [1.82, 2.24) is 4.98 Å². The summed E-state index contributed by atoms with van der Waals surface area (Å²) in [5, 5.41) is 3.36. The van der Waals surface area contributed by atoms with Crippen LogP contribution < -0.4 is 5.32 Å². The van der Waals surface area contributed by atoms with Gasteiger partial charge in [-0.05, 0) is 25.3 Å². The van der Waals surface area contributed by atoms with E-state index in [2.05, 4.69) is 10.3 Å². The summed E-state index contributed by atoms with van der Waals surface area (Å²) in [6.45, 7) is 1.92. The Bertz CT molecular complexity index is 598. The zero-order valence-electron chi connectivity index (χ0n) is 10.6. The SMILES string of the molecule is CSc1nc(C)c(CC(=O)Nc2ccccc2Cl)s1. The molecule has 1 N–H and O–H groups in total.